The number of thiophene rings is 1. The van der Waals surface area contributed by atoms with Crippen LogP contribution in [0, 0.1) is 5.82 Å². The largest absolute Gasteiger partial charge is 0.327 e. The van der Waals surface area contributed by atoms with Crippen LogP contribution in [0.15, 0.2) is 30.3 Å². The van der Waals surface area contributed by atoms with E-state index in [9.17, 15) is 4.39 Å². The molecule has 104 valence electrons. The molecule has 0 radical (unpaired) electrons. The lowest BCUT2D eigenvalue weighted by Gasteiger charge is -2.06. The minimum absolute atomic E-state index is 0.265. The number of aryl methyl sites for hydroxylation is 2. The molecule has 2 nitrogen and oxygen atoms in total. The Kier molecular flexibility index (Phi) is 3.96. The Morgan fingerprint density at radius 1 is 1.25 bits per heavy atom. The van der Waals surface area contributed by atoms with E-state index in [1.807, 2.05) is 16.7 Å². The fourth-order valence-electron chi connectivity index (χ4n) is 2.21. The first kappa shape index (κ1) is 13.9. The maximum Gasteiger partial charge on any atom is 0.125 e. The summed E-state index contributed by atoms with van der Waals surface area (Å²) in [6.07, 6.45) is 0.823. The molecule has 0 aliphatic rings. The number of fused-ring (bicyclic) bond motifs is 1. The number of hydrogen-bond donors (Lipinski definition) is 0. The summed E-state index contributed by atoms with van der Waals surface area (Å²) in [7, 11) is 0. The quantitative estimate of drug-likeness (QED) is 0.624. The molecule has 0 aliphatic heterocycles. The molecule has 0 saturated heterocycles. The van der Waals surface area contributed by atoms with Gasteiger partial charge in [0.1, 0.15) is 11.6 Å². The van der Waals surface area contributed by atoms with Gasteiger partial charge < -0.3 is 4.57 Å². The third-order valence-corrected chi connectivity index (χ3v) is 4.65. The molecule has 6 heteroatoms. The van der Waals surface area contributed by atoms with Crippen LogP contribution in [0.4, 0.5) is 4.39 Å². The lowest BCUT2D eigenvalue weighted by Crippen LogP contribution is -2.04. The van der Waals surface area contributed by atoms with Crippen molar-refractivity contribution in [1.82, 2.24) is 9.55 Å². The van der Waals surface area contributed by atoms with Crippen molar-refractivity contribution in [3.63, 3.8) is 0 Å². The first-order valence-corrected chi connectivity index (χ1v) is 7.85. The molecule has 3 rings (SSSR count). The Morgan fingerprint density at radius 3 is 2.80 bits per heavy atom. The summed E-state index contributed by atoms with van der Waals surface area (Å²) in [4.78, 5) is 5.62. The SMILES string of the molecule is Fc1ccc2nc(CCl)n(CCc3ccc(Cl)s3)c2c1. The summed E-state index contributed by atoms with van der Waals surface area (Å²) in [5, 5.41) is 0. The maximum absolute atomic E-state index is 13.4. The lowest BCUT2D eigenvalue weighted by molar-refractivity contribution is 0.627. The highest BCUT2D eigenvalue weighted by molar-refractivity contribution is 7.16. The zero-order valence-corrected chi connectivity index (χ0v) is 12.8. The number of aromatic nitrogens is 2. The van der Waals surface area contributed by atoms with E-state index in [0.29, 0.717) is 12.4 Å². The van der Waals surface area contributed by atoms with Crippen molar-refractivity contribution in [2.45, 2.75) is 18.8 Å². The molecule has 2 aromatic heterocycles. The molecule has 0 unspecified atom stereocenters. The zero-order valence-electron chi connectivity index (χ0n) is 10.4. The average molecular weight is 329 g/mol. The van der Waals surface area contributed by atoms with Gasteiger partial charge in [0.25, 0.3) is 0 Å². The third-order valence-electron chi connectivity index (χ3n) is 3.12. The summed E-state index contributed by atoms with van der Waals surface area (Å²) in [6.45, 7) is 0.707. The van der Waals surface area contributed by atoms with Gasteiger partial charge >= 0.3 is 0 Å². The summed E-state index contributed by atoms with van der Waals surface area (Å²) in [6, 6.07) is 8.48. The zero-order chi connectivity index (χ0) is 14.1. The fourth-order valence-corrected chi connectivity index (χ4v) is 3.49. The summed E-state index contributed by atoms with van der Waals surface area (Å²) >= 11 is 13.4. The highest BCUT2D eigenvalue weighted by atomic mass is 35.5. The van der Waals surface area contributed by atoms with Crippen LogP contribution in [0.1, 0.15) is 10.7 Å². The van der Waals surface area contributed by atoms with Crippen molar-refractivity contribution in [3.05, 3.63) is 51.2 Å². The number of halogens is 3. The van der Waals surface area contributed by atoms with Crippen molar-refractivity contribution in [2.75, 3.05) is 0 Å². The van der Waals surface area contributed by atoms with Crippen LogP contribution in [-0.2, 0) is 18.8 Å². The molecule has 0 amide bonds. The molecule has 1 aromatic carbocycles. The number of benzene rings is 1. The van der Waals surface area contributed by atoms with Gasteiger partial charge in [-0.25, -0.2) is 9.37 Å². The van der Waals surface area contributed by atoms with E-state index in [2.05, 4.69) is 4.98 Å². The molecule has 3 aromatic rings. The van der Waals surface area contributed by atoms with Crippen LogP contribution in [0.3, 0.4) is 0 Å². The van der Waals surface area contributed by atoms with Crippen molar-refractivity contribution < 1.29 is 4.39 Å². The second kappa shape index (κ2) is 5.72. The minimum Gasteiger partial charge on any atom is -0.327 e. The number of alkyl halides is 1. The number of rotatable bonds is 4. The van der Waals surface area contributed by atoms with Crippen LogP contribution in [0.2, 0.25) is 4.34 Å². The van der Waals surface area contributed by atoms with E-state index < -0.39 is 0 Å². The molecule has 0 bridgehead atoms. The molecule has 0 N–H and O–H groups in total. The van der Waals surface area contributed by atoms with E-state index in [0.717, 1.165) is 27.6 Å². The van der Waals surface area contributed by atoms with Gasteiger partial charge in [-0.05, 0) is 36.8 Å². The first-order valence-electron chi connectivity index (χ1n) is 6.12. The standard InChI is InChI=1S/C14H11Cl2FN2S/c15-8-14-18-11-3-1-9(17)7-12(11)19(14)6-5-10-2-4-13(16)20-10/h1-4,7H,5-6,8H2. The Hall–Kier alpha value is -1.10. The van der Waals surface area contributed by atoms with E-state index in [4.69, 9.17) is 23.2 Å². The van der Waals surface area contributed by atoms with Crippen LogP contribution in [-0.4, -0.2) is 9.55 Å². The third kappa shape index (κ3) is 2.68. The van der Waals surface area contributed by atoms with Gasteiger partial charge in [-0.15, -0.1) is 22.9 Å². The molecule has 0 fully saturated rings. The van der Waals surface area contributed by atoms with E-state index >= 15 is 0 Å². The Morgan fingerprint density at radius 2 is 2.10 bits per heavy atom. The predicted molar refractivity (Wildman–Crippen MR) is 82.3 cm³/mol. The smallest absolute Gasteiger partial charge is 0.125 e. The first-order chi connectivity index (χ1) is 9.67. The molecule has 2 heterocycles. The number of imidazole rings is 1. The normalized spacial score (nSPS) is 11.3. The van der Waals surface area contributed by atoms with Gasteiger partial charge in [-0.3, -0.25) is 0 Å². The summed E-state index contributed by atoms with van der Waals surface area (Å²) in [5.74, 6) is 0.801. The van der Waals surface area contributed by atoms with Gasteiger partial charge in [0.05, 0.1) is 21.2 Å². The molecule has 0 aliphatic carbocycles. The number of hydrogen-bond acceptors (Lipinski definition) is 2. The Labute approximate surface area is 129 Å². The predicted octanol–water partition coefficient (Wildman–Crippen LogP) is 4.87. The van der Waals surface area contributed by atoms with Gasteiger partial charge in [0.2, 0.25) is 0 Å². The highest BCUT2D eigenvalue weighted by Crippen LogP contribution is 2.24. The van der Waals surface area contributed by atoms with Crippen LogP contribution in [0.5, 0.6) is 0 Å². The van der Waals surface area contributed by atoms with E-state index in [-0.39, 0.29) is 5.82 Å². The highest BCUT2D eigenvalue weighted by Gasteiger charge is 2.11. The molecule has 20 heavy (non-hydrogen) atoms. The second-order valence-electron chi connectivity index (χ2n) is 4.40. The molecule has 0 atom stereocenters. The summed E-state index contributed by atoms with van der Waals surface area (Å²) in [5.41, 5.74) is 1.55. The van der Waals surface area contributed by atoms with Gasteiger partial charge in [0, 0.05) is 11.4 Å². The van der Waals surface area contributed by atoms with Crippen molar-refractivity contribution in [3.8, 4) is 0 Å². The average Bonchev–Trinajstić information content (AvgIpc) is 2.99. The fraction of sp³-hybridized carbons (Fsp3) is 0.214. The van der Waals surface area contributed by atoms with E-state index in [1.165, 1.54) is 17.0 Å². The Bertz CT molecular complexity index is 751. The minimum atomic E-state index is -0.265. The monoisotopic (exact) mass is 328 g/mol. The van der Waals surface area contributed by atoms with Crippen LogP contribution >= 0.6 is 34.5 Å². The second-order valence-corrected chi connectivity index (χ2v) is 6.47. The summed E-state index contributed by atoms with van der Waals surface area (Å²) < 4.78 is 16.2. The van der Waals surface area contributed by atoms with Crippen LogP contribution < -0.4 is 0 Å². The van der Waals surface area contributed by atoms with Crippen LogP contribution in [0.25, 0.3) is 11.0 Å². The number of nitrogens with zero attached hydrogens (tertiary/aromatic N) is 2. The van der Waals surface area contributed by atoms with Gasteiger partial charge in [-0.2, -0.15) is 0 Å². The molecular formula is C14H11Cl2FN2S. The molecule has 0 saturated carbocycles. The lowest BCUT2D eigenvalue weighted by atomic mass is 10.3. The van der Waals surface area contributed by atoms with Gasteiger partial charge in [-0.1, -0.05) is 11.6 Å². The van der Waals surface area contributed by atoms with Crippen molar-refractivity contribution >= 4 is 45.6 Å². The van der Waals surface area contributed by atoms with E-state index in [1.54, 1.807) is 17.4 Å². The molecule has 0 spiro atoms. The Balaban J connectivity index is 1.94. The van der Waals surface area contributed by atoms with Crippen molar-refractivity contribution in [2.24, 2.45) is 0 Å². The topological polar surface area (TPSA) is 17.8 Å². The van der Waals surface area contributed by atoms with Crippen molar-refractivity contribution in [1.29, 1.82) is 0 Å². The van der Waals surface area contributed by atoms with Gasteiger partial charge in [0.15, 0.2) is 0 Å². The molecular weight excluding hydrogens is 318 g/mol. The maximum atomic E-state index is 13.4.